The average Bonchev–Trinajstić information content (AvgIpc) is 2.39. The number of carboxylic acid groups (broad SMARTS) is 1. The van der Waals surface area contributed by atoms with Crippen molar-refractivity contribution < 1.29 is 14.6 Å². The minimum absolute atomic E-state index is 0.545. The zero-order chi connectivity index (χ0) is 8.10. The van der Waals surface area contributed by atoms with E-state index in [1.165, 1.54) is 0 Å². The maximum atomic E-state index is 10.0. The molecule has 1 fully saturated rings. The monoisotopic (exact) mass is 159 g/mol. The molecule has 1 atom stereocenters. The Kier molecular flexibility index (Phi) is 3.16. The largest absolute Gasteiger partial charge is 0.465 e. The zero-order valence-electron chi connectivity index (χ0n) is 6.38. The molecule has 1 amide bonds. The maximum Gasteiger partial charge on any atom is 0.404 e. The van der Waals surface area contributed by atoms with Crippen LogP contribution in [0.5, 0.6) is 0 Å². The number of carbonyl (C=O) groups is 1. The van der Waals surface area contributed by atoms with E-state index < -0.39 is 6.09 Å². The van der Waals surface area contributed by atoms with Crippen LogP contribution in [0.4, 0.5) is 4.79 Å². The quantitative estimate of drug-likeness (QED) is 0.636. The van der Waals surface area contributed by atoms with E-state index in [0.29, 0.717) is 12.5 Å². The lowest BCUT2D eigenvalue weighted by Crippen LogP contribution is -2.23. The molecule has 1 aliphatic heterocycles. The first-order valence-corrected chi connectivity index (χ1v) is 3.83. The van der Waals surface area contributed by atoms with Crippen LogP contribution in [0.3, 0.4) is 0 Å². The van der Waals surface area contributed by atoms with Gasteiger partial charge in [0.25, 0.3) is 0 Å². The van der Waals surface area contributed by atoms with Gasteiger partial charge in [0.05, 0.1) is 0 Å². The second kappa shape index (κ2) is 4.18. The van der Waals surface area contributed by atoms with Gasteiger partial charge in [0.2, 0.25) is 0 Å². The highest BCUT2D eigenvalue weighted by atomic mass is 16.5. The Morgan fingerprint density at radius 2 is 2.55 bits per heavy atom. The van der Waals surface area contributed by atoms with Crippen molar-refractivity contribution in [3.63, 3.8) is 0 Å². The van der Waals surface area contributed by atoms with Crippen molar-refractivity contribution in [2.75, 3.05) is 19.8 Å². The first kappa shape index (κ1) is 8.33. The van der Waals surface area contributed by atoms with Crippen LogP contribution in [0.15, 0.2) is 0 Å². The minimum atomic E-state index is -0.941. The van der Waals surface area contributed by atoms with Gasteiger partial charge in [-0.05, 0) is 18.8 Å². The Balaban J connectivity index is 1.98. The fourth-order valence-corrected chi connectivity index (χ4v) is 1.19. The Labute approximate surface area is 65.5 Å². The molecule has 4 nitrogen and oxygen atoms in total. The van der Waals surface area contributed by atoms with Gasteiger partial charge in [-0.3, -0.25) is 0 Å². The molecule has 0 aliphatic carbocycles. The molecule has 0 radical (unpaired) electrons. The number of ether oxygens (including phenoxy) is 1. The summed E-state index contributed by atoms with van der Waals surface area (Å²) < 4.78 is 5.14. The topological polar surface area (TPSA) is 58.6 Å². The predicted octanol–water partition coefficient (Wildman–Crippen LogP) is 0.681. The third-order valence-corrected chi connectivity index (χ3v) is 1.85. The van der Waals surface area contributed by atoms with Crippen LogP contribution in [-0.4, -0.2) is 31.0 Å². The molecule has 4 heteroatoms. The van der Waals surface area contributed by atoms with Crippen molar-refractivity contribution in [1.82, 2.24) is 5.32 Å². The van der Waals surface area contributed by atoms with Crippen molar-refractivity contribution in [3.05, 3.63) is 0 Å². The van der Waals surface area contributed by atoms with E-state index in [2.05, 4.69) is 5.32 Å². The SMILES string of the molecule is O=C(O)NCCC1CCOC1. The molecule has 0 spiro atoms. The fraction of sp³-hybridized carbons (Fsp3) is 0.857. The van der Waals surface area contributed by atoms with Gasteiger partial charge in [0.15, 0.2) is 0 Å². The zero-order valence-corrected chi connectivity index (χ0v) is 6.38. The van der Waals surface area contributed by atoms with Gasteiger partial charge in [-0.15, -0.1) is 0 Å². The molecule has 0 saturated carbocycles. The van der Waals surface area contributed by atoms with Crippen LogP contribution in [0.1, 0.15) is 12.8 Å². The van der Waals surface area contributed by atoms with Crippen molar-refractivity contribution in [2.24, 2.45) is 5.92 Å². The van der Waals surface area contributed by atoms with Crippen LogP contribution >= 0.6 is 0 Å². The van der Waals surface area contributed by atoms with E-state index in [0.717, 1.165) is 26.1 Å². The molecule has 0 aromatic heterocycles. The molecule has 1 rings (SSSR count). The van der Waals surface area contributed by atoms with Crippen molar-refractivity contribution in [2.45, 2.75) is 12.8 Å². The predicted molar refractivity (Wildman–Crippen MR) is 39.6 cm³/mol. The fourth-order valence-electron chi connectivity index (χ4n) is 1.19. The lowest BCUT2D eigenvalue weighted by atomic mass is 10.1. The number of nitrogens with one attached hydrogen (secondary N) is 1. The Hall–Kier alpha value is -0.770. The van der Waals surface area contributed by atoms with Crippen LogP contribution in [0, 0.1) is 5.92 Å². The van der Waals surface area contributed by atoms with Gasteiger partial charge in [0.1, 0.15) is 0 Å². The lowest BCUT2D eigenvalue weighted by molar-refractivity contribution is 0.181. The standard InChI is InChI=1S/C7H13NO3/c9-7(10)8-3-1-6-2-4-11-5-6/h6,8H,1-5H2,(H,9,10). The summed E-state index contributed by atoms with van der Waals surface area (Å²) in [6, 6.07) is 0. The molecule has 64 valence electrons. The van der Waals surface area contributed by atoms with Crippen LogP contribution in [0.2, 0.25) is 0 Å². The highest BCUT2D eigenvalue weighted by molar-refractivity contribution is 5.64. The van der Waals surface area contributed by atoms with E-state index in [-0.39, 0.29) is 0 Å². The highest BCUT2D eigenvalue weighted by Crippen LogP contribution is 2.14. The molecule has 1 saturated heterocycles. The highest BCUT2D eigenvalue weighted by Gasteiger charge is 2.14. The van der Waals surface area contributed by atoms with Crippen LogP contribution < -0.4 is 5.32 Å². The molecular formula is C7H13NO3. The maximum absolute atomic E-state index is 10.0. The first-order chi connectivity index (χ1) is 5.29. The molecule has 0 aromatic rings. The summed E-state index contributed by atoms with van der Waals surface area (Å²) in [6.45, 7) is 2.17. The van der Waals surface area contributed by atoms with Gasteiger partial charge in [0, 0.05) is 19.8 Å². The normalized spacial score (nSPS) is 23.5. The van der Waals surface area contributed by atoms with Crippen molar-refractivity contribution >= 4 is 6.09 Å². The van der Waals surface area contributed by atoms with Gasteiger partial charge in [-0.25, -0.2) is 4.79 Å². The lowest BCUT2D eigenvalue weighted by Gasteiger charge is -2.05. The van der Waals surface area contributed by atoms with E-state index in [9.17, 15) is 4.79 Å². The molecule has 1 heterocycles. The summed E-state index contributed by atoms with van der Waals surface area (Å²) in [5, 5.41) is 10.6. The number of hydrogen-bond donors (Lipinski definition) is 2. The minimum Gasteiger partial charge on any atom is -0.465 e. The summed E-state index contributed by atoms with van der Waals surface area (Å²) in [5.74, 6) is 0.557. The third kappa shape index (κ3) is 3.23. The molecule has 0 bridgehead atoms. The molecule has 2 N–H and O–H groups in total. The summed E-state index contributed by atoms with van der Waals surface area (Å²) >= 11 is 0. The number of rotatable bonds is 3. The van der Waals surface area contributed by atoms with Crippen molar-refractivity contribution in [3.8, 4) is 0 Å². The second-order valence-electron chi connectivity index (χ2n) is 2.75. The van der Waals surface area contributed by atoms with E-state index in [1.807, 2.05) is 0 Å². The van der Waals surface area contributed by atoms with Crippen molar-refractivity contribution in [1.29, 1.82) is 0 Å². The van der Waals surface area contributed by atoms with Gasteiger partial charge < -0.3 is 15.2 Å². The molecule has 1 aliphatic rings. The van der Waals surface area contributed by atoms with Gasteiger partial charge in [-0.2, -0.15) is 0 Å². The van der Waals surface area contributed by atoms with Crippen LogP contribution in [-0.2, 0) is 4.74 Å². The third-order valence-electron chi connectivity index (χ3n) is 1.85. The molecule has 1 unspecified atom stereocenters. The number of hydrogen-bond acceptors (Lipinski definition) is 2. The van der Waals surface area contributed by atoms with E-state index >= 15 is 0 Å². The average molecular weight is 159 g/mol. The van der Waals surface area contributed by atoms with Gasteiger partial charge in [-0.1, -0.05) is 0 Å². The Morgan fingerprint density at radius 3 is 3.09 bits per heavy atom. The Morgan fingerprint density at radius 1 is 1.73 bits per heavy atom. The van der Waals surface area contributed by atoms with Crippen LogP contribution in [0.25, 0.3) is 0 Å². The van der Waals surface area contributed by atoms with Gasteiger partial charge >= 0.3 is 6.09 Å². The summed E-state index contributed by atoms with van der Waals surface area (Å²) in [4.78, 5) is 10.0. The molecular weight excluding hydrogens is 146 g/mol. The second-order valence-corrected chi connectivity index (χ2v) is 2.75. The molecule has 11 heavy (non-hydrogen) atoms. The summed E-state index contributed by atoms with van der Waals surface area (Å²) in [5.41, 5.74) is 0. The molecule has 0 aromatic carbocycles. The Bertz CT molecular complexity index is 132. The summed E-state index contributed by atoms with van der Waals surface area (Å²) in [6.07, 6.45) is 1.03. The van der Waals surface area contributed by atoms with E-state index in [4.69, 9.17) is 9.84 Å². The first-order valence-electron chi connectivity index (χ1n) is 3.83. The summed E-state index contributed by atoms with van der Waals surface area (Å²) in [7, 11) is 0. The smallest absolute Gasteiger partial charge is 0.404 e. The van der Waals surface area contributed by atoms with E-state index in [1.54, 1.807) is 0 Å². The number of amides is 1.